The summed E-state index contributed by atoms with van der Waals surface area (Å²) in [5, 5.41) is 12.4. The van der Waals surface area contributed by atoms with Gasteiger partial charge in [-0.1, -0.05) is 48.5 Å². The highest BCUT2D eigenvalue weighted by atomic mass is 16.5. The maximum absolute atomic E-state index is 13.1. The molecule has 2 amide bonds. The van der Waals surface area contributed by atoms with Gasteiger partial charge in [0.2, 0.25) is 5.91 Å². The highest BCUT2D eigenvalue weighted by Gasteiger charge is 2.39. The number of amidine groups is 1. The Kier molecular flexibility index (Phi) is 8.73. The van der Waals surface area contributed by atoms with Crippen LogP contribution in [0.25, 0.3) is 10.8 Å². The molecule has 0 radical (unpaired) electrons. The monoisotopic (exact) mass is 514 g/mol. The van der Waals surface area contributed by atoms with E-state index in [0.29, 0.717) is 37.1 Å². The molecule has 1 fully saturated rings. The predicted molar refractivity (Wildman–Crippen MR) is 147 cm³/mol. The van der Waals surface area contributed by atoms with Crippen molar-refractivity contribution in [3.63, 3.8) is 0 Å². The molecule has 198 valence electrons. The number of hydrogen-bond donors (Lipinski definition) is 3. The van der Waals surface area contributed by atoms with E-state index in [1.54, 1.807) is 12.1 Å². The van der Waals surface area contributed by atoms with Crippen molar-refractivity contribution in [1.82, 2.24) is 10.2 Å². The van der Waals surface area contributed by atoms with E-state index in [1.807, 2.05) is 47.4 Å². The Bertz CT molecular complexity index is 1320. The van der Waals surface area contributed by atoms with Crippen LogP contribution in [0.2, 0.25) is 0 Å². The number of rotatable bonds is 11. The van der Waals surface area contributed by atoms with Crippen molar-refractivity contribution in [2.24, 2.45) is 11.7 Å². The summed E-state index contributed by atoms with van der Waals surface area (Å²) in [4.78, 5) is 39.7. The van der Waals surface area contributed by atoms with E-state index < -0.39 is 0 Å². The van der Waals surface area contributed by atoms with Crippen molar-refractivity contribution in [3.8, 4) is 0 Å². The van der Waals surface area contributed by atoms with Gasteiger partial charge in [-0.25, -0.2) is 0 Å². The number of hydrogen-bond acceptors (Lipinski definition) is 5. The molecule has 0 spiro atoms. The average Bonchev–Trinajstić information content (AvgIpc) is 3.21. The highest BCUT2D eigenvalue weighted by Crippen LogP contribution is 2.30. The number of nitrogens with two attached hydrogens (primary N) is 1. The molecule has 38 heavy (non-hydrogen) atoms. The molecule has 1 aliphatic heterocycles. The van der Waals surface area contributed by atoms with Crippen LogP contribution in [0.15, 0.2) is 66.7 Å². The van der Waals surface area contributed by atoms with Crippen LogP contribution < -0.4 is 11.1 Å². The van der Waals surface area contributed by atoms with Gasteiger partial charge in [0, 0.05) is 30.3 Å². The van der Waals surface area contributed by atoms with Gasteiger partial charge in [0.15, 0.2) is 0 Å². The molecular formula is C30H34N4O4. The van der Waals surface area contributed by atoms with E-state index >= 15 is 0 Å². The standard InChI is InChI=1S/C30H34N4O4/c1-38-27(35)19-25-18-26(34(30(25)37)15-5-8-20-6-3-2-4-7-20)13-14-33-29(36)24-12-10-21-16-23(28(31)32)11-9-22(21)17-24/h2-4,6-7,9-12,16-17,25-26H,5,8,13-15,18-19H2,1H3,(H3,31,32)(H,33,36)/t25-,26+/m0/s1. The van der Waals surface area contributed by atoms with E-state index in [4.69, 9.17) is 15.9 Å². The largest absolute Gasteiger partial charge is 0.469 e. The van der Waals surface area contributed by atoms with Crippen LogP contribution in [0, 0.1) is 11.3 Å². The Morgan fingerprint density at radius 1 is 1.05 bits per heavy atom. The zero-order valence-corrected chi connectivity index (χ0v) is 21.6. The zero-order valence-electron chi connectivity index (χ0n) is 21.6. The van der Waals surface area contributed by atoms with E-state index in [0.717, 1.165) is 23.6 Å². The molecular weight excluding hydrogens is 480 g/mol. The van der Waals surface area contributed by atoms with Gasteiger partial charge in [0.05, 0.1) is 19.4 Å². The molecule has 2 atom stereocenters. The number of fused-ring (bicyclic) bond motifs is 1. The minimum absolute atomic E-state index is 0.00190. The molecule has 4 rings (SSSR count). The van der Waals surface area contributed by atoms with Gasteiger partial charge >= 0.3 is 5.97 Å². The average molecular weight is 515 g/mol. The van der Waals surface area contributed by atoms with Crippen molar-refractivity contribution >= 4 is 34.4 Å². The summed E-state index contributed by atoms with van der Waals surface area (Å²) in [7, 11) is 1.33. The number of likely N-dealkylation sites (tertiary alicyclic amines) is 1. The summed E-state index contributed by atoms with van der Waals surface area (Å²) in [5.74, 6) is -0.969. The number of nitrogen functional groups attached to an aromatic ring is 1. The van der Waals surface area contributed by atoms with Crippen molar-refractivity contribution in [3.05, 3.63) is 83.4 Å². The first kappa shape index (κ1) is 26.9. The number of carbonyl (C=O) groups excluding carboxylic acids is 3. The van der Waals surface area contributed by atoms with Gasteiger partial charge in [-0.15, -0.1) is 0 Å². The number of ether oxygens (including phenoxy) is 1. The lowest BCUT2D eigenvalue weighted by Gasteiger charge is -2.25. The molecule has 0 unspecified atom stereocenters. The van der Waals surface area contributed by atoms with Gasteiger partial charge in [0.25, 0.3) is 5.91 Å². The second-order valence-electron chi connectivity index (χ2n) is 9.72. The number of methoxy groups -OCH3 is 1. The molecule has 8 nitrogen and oxygen atoms in total. The lowest BCUT2D eigenvalue weighted by atomic mass is 10.00. The summed E-state index contributed by atoms with van der Waals surface area (Å²) in [6.07, 6.45) is 2.95. The first-order valence-electron chi connectivity index (χ1n) is 12.9. The fourth-order valence-corrected chi connectivity index (χ4v) is 5.10. The van der Waals surface area contributed by atoms with Crippen LogP contribution in [0.1, 0.15) is 47.2 Å². The summed E-state index contributed by atoms with van der Waals surface area (Å²) >= 11 is 0. The first-order chi connectivity index (χ1) is 18.4. The quantitative estimate of drug-likeness (QED) is 0.205. The smallest absolute Gasteiger partial charge is 0.306 e. The van der Waals surface area contributed by atoms with Crippen LogP contribution in [0.4, 0.5) is 0 Å². The Hall–Kier alpha value is -4.20. The summed E-state index contributed by atoms with van der Waals surface area (Å²) < 4.78 is 4.80. The fourth-order valence-electron chi connectivity index (χ4n) is 5.10. The third-order valence-electron chi connectivity index (χ3n) is 7.15. The van der Waals surface area contributed by atoms with E-state index in [2.05, 4.69) is 17.4 Å². The second-order valence-corrected chi connectivity index (χ2v) is 9.72. The van der Waals surface area contributed by atoms with Crippen molar-refractivity contribution in [2.75, 3.05) is 20.2 Å². The summed E-state index contributed by atoms with van der Waals surface area (Å²) in [6.45, 7) is 1.02. The van der Waals surface area contributed by atoms with Crippen molar-refractivity contribution < 1.29 is 19.1 Å². The Morgan fingerprint density at radius 3 is 2.42 bits per heavy atom. The molecule has 1 heterocycles. The van der Waals surface area contributed by atoms with Gasteiger partial charge in [-0.2, -0.15) is 0 Å². The number of benzene rings is 3. The second kappa shape index (κ2) is 12.4. The van der Waals surface area contributed by atoms with Crippen LogP contribution in [0.5, 0.6) is 0 Å². The number of aryl methyl sites for hydroxylation is 1. The zero-order chi connectivity index (χ0) is 27.1. The number of nitrogens with one attached hydrogen (secondary N) is 2. The number of amides is 2. The van der Waals surface area contributed by atoms with Crippen LogP contribution in [-0.2, 0) is 20.7 Å². The van der Waals surface area contributed by atoms with Crippen LogP contribution >= 0.6 is 0 Å². The van der Waals surface area contributed by atoms with Crippen molar-refractivity contribution in [2.45, 2.75) is 38.1 Å². The number of esters is 1. The maximum Gasteiger partial charge on any atom is 0.306 e. The predicted octanol–water partition coefficient (Wildman–Crippen LogP) is 3.66. The normalized spacial score (nSPS) is 17.0. The Labute approximate surface area is 222 Å². The van der Waals surface area contributed by atoms with E-state index in [1.165, 1.54) is 12.7 Å². The Balaban J connectivity index is 1.36. The molecule has 1 saturated heterocycles. The molecule has 8 heteroatoms. The topological polar surface area (TPSA) is 126 Å². The number of nitrogens with zero attached hydrogens (tertiary/aromatic N) is 1. The molecule has 3 aromatic rings. The van der Waals surface area contributed by atoms with Crippen LogP contribution in [-0.4, -0.2) is 54.8 Å². The SMILES string of the molecule is COC(=O)C[C@@H]1C[C@@H](CCNC(=O)c2ccc3cc(C(=N)N)ccc3c2)N(CCCc2ccccc2)C1=O. The molecule has 4 N–H and O–H groups in total. The Morgan fingerprint density at radius 2 is 1.74 bits per heavy atom. The van der Waals surface area contributed by atoms with Gasteiger partial charge in [-0.3, -0.25) is 19.8 Å². The third-order valence-corrected chi connectivity index (χ3v) is 7.15. The lowest BCUT2D eigenvalue weighted by molar-refractivity contribution is -0.144. The molecule has 0 aliphatic carbocycles. The van der Waals surface area contributed by atoms with Gasteiger partial charge < -0.3 is 20.7 Å². The molecule has 0 bridgehead atoms. The molecule has 3 aromatic carbocycles. The van der Waals surface area contributed by atoms with E-state index in [-0.39, 0.29) is 42.0 Å². The highest BCUT2D eigenvalue weighted by molar-refractivity contribution is 6.02. The summed E-state index contributed by atoms with van der Waals surface area (Å²) in [5.41, 5.74) is 7.98. The van der Waals surface area contributed by atoms with E-state index in [9.17, 15) is 14.4 Å². The third kappa shape index (κ3) is 6.56. The molecule has 0 aromatic heterocycles. The minimum atomic E-state index is -0.389. The summed E-state index contributed by atoms with van der Waals surface area (Å²) in [6, 6.07) is 21.0. The fraction of sp³-hybridized carbons (Fsp3) is 0.333. The van der Waals surface area contributed by atoms with Crippen molar-refractivity contribution in [1.29, 1.82) is 5.41 Å². The first-order valence-corrected chi connectivity index (χ1v) is 12.9. The molecule has 1 aliphatic rings. The number of carbonyl (C=O) groups is 3. The van der Waals surface area contributed by atoms with Crippen LogP contribution in [0.3, 0.4) is 0 Å². The van der Waals surface area contributed by atoms with Gasteiger partial charge in [0.1, 0.15) is 5.84 Å². The minimum Gasteiger partial charge on any atom is -0.469 e. The maximum atomic E-state index is 13.1. The molecule has 0 saturated carbocycles. The van der Waals surface area contributed by atoms with Gasteiger partial charge in [-0.05, 0) is 60.2 Å². The lowest BCUT2D eigenvalue weighted by Crippen LogP contribution is -2.37.